The van der Waals surface area contributed by atoms with Gasteiger partial charge in [0.25, 0.3) is 5.91 Å². The van der Waals surface area contributed by atoms with Gasteiger partial charge in [-0.25, -0.2) is 9.18 Å². The smallest absolute Gasteiger partial charge is 0.325 e. The molecule has 2 fully saturated rings. The molecule has 2 aliphatic heterocycles. The van der Waals surface area contributed by atoms with Crippen molar-refractivity contribution in [3.8, 4) is 0 Å². The van der Waals surface area contributed by atoms with Crippen LogP contribution in [-0.4, -0.2) is 52.3 Å². The van der Waals surface area contributed by atoms with E-state index in [1.54, 1.807) is 36.9 Å². The van der Waals surface area contributed by atoms with Crippen LogP contribution < -0.4 is 5.32 Å². The second kappa shape index (κ2) is 6.46. The van der Waals surface area contributed by atoms with Crippen LogP contribution in [0.5, 0.6) is 0 Å². The van der Waals surface area contributed by atoms with Crippen molar-refractivity contribution in [1.82, 2.24) is 15.1 Å². The number of hydrogen-bond acceptors (Lipinski definition) is 3. The molecule has 1 N–H and O–H groups in total. The lowest BCUT2D eigenvalue weighted by Crippen LogP contribution is -2.56. The molecule has 6 nitrogen and oxygen atoms in total. The molecular weight excluding hydrogens is 325 g/mol. The maximum absolute atomic E-state index is 13.7. The van der Waals surface area contributed by atoms with E-state index in [4.69, 9.17) is 0 Å². The lowest BCUT2D eigenvalue weighted by atomic mass is 9.87. The molecule has 7 heteroatoms. The van der Waals surface area contributed by atoms with Gasteiger partial charge in [0, 0.05) is 19.1 Å². The zero-order chi connectivity index (χ0) is 18.2. The second-order valence-corrected chi connectivity index (χ2v) is 6.93. The standard InChI is InChI=1S/C18H22FN3O3/c1-12(2)22-16(24)18(20-17(22)25)7-9-21(10-8-18)15(23)11-13-5-3-4-6-14(13)19/h3-6,12H,7-11H2,1-2H3,(H,20,25). The van der Waals surface area contributed by atoms with E-state index in [2.05, 4.69) is 5.32 Å². The number of piperidine rings is 1. The van der Waals surface area contributed by atoms with E-state index < -0.39 is 11.4 Å². The molecule has 2 heterocycles. The summed E-state index contributed by atoms with van der Waals surface area (Å²) < 4.78 is 13.7. The maximum atomic E-state index is 13.7. The summed E-state index contributed by atoms with van der Waals surface area (Å²) in [7, 11) is 0. The van der Waals surface area contributed by atoms with E-state index >= 15 is 0 Å². The molecule has 25 heavy (non-hydrogen) atoms. The van der Waals surface area contributed by atoms with Crippen molar-refractivity contribution in [2.45, 2.75) is 44.7 Å². The third-order valence-corrected chi connectivity index (χ3v) is 4.98. The minimum absolute atomic E-state index is 0.00189. The lowest BCUT2D eigenvalue weighted by Gasteiger charge is -2.37. The van der Waals surface area contributed by atoms with Crippen LogP contribution in [-0.2, 0) is 16.0 Å². The Morgan fingerprint density at radius 2 is 1.88 bits per heavy atom. The Morgan fingerprint density at radius 1 is 1.24 bits per heavy atom. The predicted molar refractivity (Wildman–Crippen MR) is 89.2 cm³/mol. The first-order valence-corrected chi connectivity index (χ1v) is 8.51. The molecule has 1 aromatic rings. The molecule has 0 atom stereocenters. The number of carbonyl (C=O) groups is 3. The third kappa shape index (κ3) is 3.10. The van der Waals surface area contributed by atoms with Crippen LogP contribution in [0.15, 0.2) is 24.3 Å². The van der Waals surface area contributed by atoms with Gasteiger partial charge in [0.15, 0.2) is 0 Å². The van der Waals surface area contributed by atoms with Gasteiger partial charge < -0.3 is 10.2 Å². The highest BCUT2D eigenvalue weighted by atomic mass is 19.1. The molecule has 2 aliphatic rings. The van der Waals surface area contributed by atoms with Crippen molar-refractivity contribution in [2.75, 3.05) is 13.1 Å². The molecule has 0 aromatic heterocycles. The molecule has 0 bridgehead atoms. The summed E-state index contributed by atoms with van der Waals surface area (Å²) in [5.41, 5.74) is -0.542. The summed E-state index contributed by atoms with van der Waals surface area (Å²) in [6, 6.07) is 5.65. The highest BCUT2D eigenvalue weighted by molar-refractivity contribution is 6.07. The minimum Gasteiger partial charge on any atom is -0.342 e. The molecule has 0 aliphatic carbocycles. The Hall–Kier alpha value is -2.44. The number of benzene rings is 1. The first kappa shape index (κ1) is 17.4. The SMILES string of the molecule is CC(C)N1C(=O)NC2(CCN(C(=O)Cc3ccccc3F)CC2)C1=O. The molecule has 1 spiro atoms. The Morgan fingerprint density at radius 3 is 2.44 bits per heavy atom. The average Bonchev–Trinajstić information content (AvgIpc) is 2.80. The molecule has 0 saturated carbocycles. The van der Waals surface area contributed by atoms with E-state index in [9.17, 15) is 18.8 Å². The monoisotopic (exact) mass is 347 g/mol. The number of amides is 4. The summed E-state index contributed by atoms with van der Waals surface area (Å²) in [5, 5.41) is 2.81. The zero-order valence-corrected chi connectivity index (χ0v) is 14.4. The van der Waals surface area contributed by atoms with Crippen molar-refractivity contribution in [2.24, 2.45) is 0 Å². The fourth-order valence-electron chi connectivity index (χ4n) is 3.50. The van der Waals surface area contributed by atoms with E-state index in [-0.39, 0.29) is 30.3 Å². The number of halogens is 1. The van der Waals surface area contributed by atoms with Crippen LogP contribution in [0, 0.1) is 5.82 Å². The maximum Gasteiger partial charge on any atom is 0.325 e. The topological polar surface area (TPSA) is 69.7 Å². The molecule has 0 radical (unpaired) electrons. The summed E-state index contributed by atoms with van der Waals surface area (Å²) >= 11 is 0. The molecule has 1 aromatic carbocycles. The quantitative estimate of drug-likeness (QED) is 0.846. The van der Waals surface area contributed by atoms with Gasteiger partial charge in [0.05, 0.1) is 6.42 Å². The van der Waals surface area contributed by atoms with Crippen LogP contribution in [0.1, 0.15) is 32.3 Å². The largest absolute Gasteiger partial charge is 0.342 e. The van der Waals surface area contributed by atoms with Crippen LogP contribution in [0.3, 0.4) is 0 Å². The van der Waals surface area contributed by atoms with Crippen LogP contribution >= 0.6 is 0 Å². The summed E-state index contributed by atoms with van der Waals surface area (Å²) in [4.78, 5) is 40.0. The predicted octanol–water partition coefficient (Wildman–Crippen LogP) is 1.69. The van der Waals surface area contributed by atoms with Crippen molar-refractivity contribution in [3.05, 3.63) is 35.6 Å². The first-order valence-electron chi connectivity index (χ1n) is 8.51. The summed E-state index contributed by atoms with van der Waals surface area (Å²) in [6.45, 7) is 4.32. The molecule has 134 valence electrons. The Balaban J connectivity index is 1.64. The normalized spacial score (nSPS) is 19.7. The van der Waals surface area contributed by atoms with Crippen molar-refractivity contribution < 1.29 is 18.8 Å². The fourth-order valence-corrected chi connectivity index (χ4v) is 3.50. The van der Waals surface area contributed by atoms with E-state index in [0.29, 0.717) is 31.5 Å². The van der Waals surface area contributed by atoms with E-state index in [1.807, 2.05) is 0 Å². The Labute approximate surface area is 146 Å². The fraction of sp³-hybridized carbons (Fsp3) is 0.500. The Kier molecular flexibility index (Phi) is 4.49. The third-order valence-electron chi connectivity index (χ3n) is 4.98. The number of nitrogens with one attached hydrogen (secondary N) is 1. The molecule has 0 unspecified atom stereocenters. The molecule has 3 rings (SSSR count). The van der Waals surface area contributed by atoms with Gasteiger partial charge in [0.2, 0.25) is 5.91 Å². The van der Waals surface area contributed by atoms with Gasteiger partial charge in [-0.1, -0.05) is 18.2 Å². The number of nitrogens with zero attached hydrogens (tertiary/aromatic N) is 2. The van der Waals surface area contributed by atoms with Crippen molar-refractivity contribution in [1.29, 1.82) is 0 Å². The zero-order valence-electron chi connectivity index (χ0n) is 14.4. The highest BCUT2D eigenvalue weighted by Gasteiger charge is 2.53. The number of likely N-dealkylation sites (tertiary alicyclic amines) is 1. The van der Waals surface area contributed by atoms with Gasteiger partial charge in [-0.3, -0.25) is 14.5 Å². The van der Waals surface area contributed by atoms with E-state index in [1.165, 1.54) is 11.0 Å². The number of imide groups is 1. The number of urea groups is 1. The van der Waals surface area contributed by atoms with E-state index in [0.717, 1.165) is 0 Å². The summed E-state index contributed by atoms with van der Waals surface area (Å²) in [5.74, 6) is -0.777. The molecule has 4 amide bonds. The highest BCUT2D eigenvalue weighted by Crippen LogP contribution is 2.30. The number of rotatable bonds is 3. The second-order valence-electron chi connectivity index (χ2n) is 6.93. The van der Waals surface area contributed by atoms with Crippen molar-refractivity contribution in [3.63, 3.8) is 0 Å². The molecular formula is C18H22FN3O3. The first-order chi connectivity index (χ1) is 11.8. The van der Waals surface area contributed by atoms with Gasteiger partial charge in [-0.2, -0.15) is 0 Å². The lowest BCUT2D eigenvalue weighted by molar-refractivity contribution is -0.138. The van der Waals surface area contributed by atoms with Gasteiger partial charge >= 0.3 is 6.03 Å². The van der Waals surface area contributed by atoms with Crippen molar-refractivity contribution >= 4 is 17.8 Å². The number of hydrogen-bond donors (Lipinski definition) is 1. The van der Waals surface area contributed by atoms with Gasteiger partial charge in [-0.05, 0) is 38.3 Å². The van der Waals surface area contributed by atoms with Crippen LogP contribution in [0.2, 0.25) is 0 Å². The van der Waals surface area contributed by atoms with Crippen LogP contribution in [0.25, 0.3) is 0 Å². The van der Waals surface area contributed by atoms with Crippen LogP contribution in [0.4, 0.5) is 9.18 Å². The number of carbonyl (C=O) groups excluding carboxylic acids is 3. The van der Waals surface area contributed by atoms with Gasteiger partial charge in [-0.15, -0.1) is 0 Å². The summed E-state index contributed by atoms with van der Waals surface area (Å²) in [6.07, 6.45) is 0.756. The average molecular weight is 347 g/mol. The molecule has 2 saturated heterocycles. The van der Waals surface area contributed by atoms with Gasteiger partial charge in [0.1, 0.15) is 11.4 Å². The Bertz CT molecular complexity index is 711. The minimum atomic E-state index is -0.907.